The number of nitrogens with one attached hydrogen (secondary N) is 1. The number of alkyl halides is 3. The van der Waals surface area contributed by atoms with E-state index in [0.29, 0.717) is 35.9 Å². The van der Waals surface area contributed by atoms with Gasteiger partial charge in [-0.1, -0.05) is 19.1 Å². The minimum absolute atomic E-state index is 0.0464. The molecule has 1 atom stereocenters. The Balaban J connectivity index is 1.38. The zero-order valence-corrected chi connectivity index (χ0v) is 24.7. The minimum atomic E-state index is -4.56. The topological polar surface area (TPSA) is 85.2 Å². The van der Waals surface area contributed by atoms with Gasteiger partial charge in [0.2, 0.25) is 0 Å². The number of likely N-dealkylation sites (tertiary alicyclic amines) is 1. The maximum Gasteiger partial charge on any atom is 0.416 e. The summed E-state index contributed by atoms with van der Waals surface area (Å²) in [6, 6.07) is 13.0. The summed E-state index contributed by atoms with van der Waals surface area (Å²) in [7, 11) is 1.64. The largest absolute Gasteiger partial charge is 0.416 e. The van der Waals surface area contributed by atoms with E-state index in [4.69, 9.17) is 4.74 Å². The van der Waals surface area contributed by atoms with Crippen molar-refractivity contribution in [2.24, 2.45) is 0 Å². The number of ether oxygens (including phenoxy) is 1. The molecule has 2 aromatic heterocycles. The van der Waals surface area contributed by atoms with Gasteiger partial charge in [0.25, 0.3) is 0 Å². The number of ketones is 1. The number of hydrogen-bond acceptors (Lipinski definition) is 7. The Morgan fingerprint density at radius 3 is 2.60 bits per heavy atom. The fourth-order valence-corrected chi connectivity index (χ4v) is 5.30. The third-order valence-electron chi connectivity index (χ3n) is 7.66. The van der Waals surface area contributed by atoms with Gasteiger partial charge in [-0.15, -0.1) is 0 Å². The van der Waals surface area contributed by atoms with E-state index in [2.05, 4.69) is 20.4 Å². The molecule has 0 saturated carbocycles. The van der Waals surface area contributed by atoms with Gasteiger partial charge < -0.3 is 10.1 Å². The van der Waals surface area contributed by atoms with E-state index in [-0.39, 0.29) is 23.9 Å². The van der Waals surface area contributed by atoms with Crippen molar-refractivity contribution in [3.8, 4) is 5.82 Å². The maximum atomic E-state index is 13.8. The van der Waals surface area contributed by atoms with Crippen LogP contribution in [-0.2, 0) is 30.3 Å². The lowest BCUT2D eigenvalue weighted by Crippen LogP contribution is -2.23. The molecular formula is C32H35F3N6O2. The van der Waals surface area contributed by atoms with Crippen LogP contribution >= 0.6 is 0 Å². The Bertz CT molecular complexity index is 1620. The number of anilines is 2. The van der Waals surface area contributed by atoms with Gasteiger partial charge in [-0.25, -0.2) is 9.97 Å². The quantitative estimate of drug-likeness (QED) is 0.218. The predicted octanol–water partition coefficient (Wildman–Crippen LogP) is 6.25. The maximum absolute atomic E-state index is 13.8. The van der Waals surface area contributed by atoms with Crippen molar-refractivity contribution in [3.05, 3.63) is 94.1 Å². The molecule has 226 valence electrons. The van der Waals surface area contributed by atoms with Crippen LogP contribution < -0.4 is 5.32 Å². The second-order valence-corrected chi connectivity index (χ2v) is 11.0. The SMILES string of the molecule is CCc1cc(-n2nc(C)cc2Nc2cc(CC(=O)c3cc(CN4CCC(OC)C4)cc(C(F)(F)F)c3)ccc2C)ncn1. The zero-order chi connectivity index (χ0) is 30.7. The molecule has 0 amide bonds. The average molecular weight is 593 g/mol. The number of hydrogen-bond donors (Lipinski definition) is 1. The van der Waals surface area contributed by atoms with Crippen LogP contribution in [0.1, 0.15) is 57.3 Å². The molecule has 5 rings (SSSR count). The van der Waals surface area contributed by atoms with Crippen LogP contribution in [0.5, 0.6) is 0 Å². The number of nitrogens with zero attached hydrogens (tertiary/aromatic N) is 5. The summed E-state index contributed by atoms with van der Waals surface area (Å²) in [5.74, 6) is 0.927. The second-order valence-electron chi connectivity index (χ2n) is 11.0. The Morgan fingerprint density at radius 2 is 1.88 bits per heavy atom. The molecule has 1 saturated heterocycles. The van der Waals surface area contributed by atoms with E-state index in [0.717, 1.165) is 54.2 Å². The molecule has 1 aliphatic rings. The van der Waals surface area contributed by atoms with Gasteiger partial charge >= 0.3 is 6.18 Å². The fraction of sp³-hybridized carbons (Fsp3) is 0.375. The number of benzene rings is 2. The highest BCUT2D eigenvalue weighted by atomic mass is 19.4. The molecule has 11 heteroatoms. The van der Waals surface area contributed by atoms with Crippen molar-refractivity contribution in [1.82, 2.24) is 24.6 Å². The van der Waals surface area contributed by atoms with Gasteiger partial charge in [0.1, 0.15) is 12.1 Å². The summed E-state index contributed by atoms with van der Waals surface area (Å²) in [5, 5.41) is 7.98. The van der Waals surface area contributed by atoms with Crippen LogP contribution in [0.15, 0.2) is 54.9 Å². The molecule has 4 aromatic rings. The first-order valence-electron chi connectivity index (χ1n) is 14.3. The second kappa shape index (κ2) is 12.6. The summed E-state index contributed by atoms with van der Waals surface area (Å²) in [6.45, 7) is 7.53. The zero-order valence-electron chi connectivity index (χ0n) is 24.7. The Labute approximate surface area is 248 Å². The lowest BCUT2D eigenvalue weighted by Gasteiger charge is -2.18. The number of methoxy groups -OCH3 is 1. The minimum Gasteiger partial charge on any atom is -0.380 e. The summed E-state index contributed by atoms with van der Waals surface area (Å²) >= 11 is 0. The Kier molecular flexibility index (Phi) is 8.93. The summed E-state index contributed by atoms with van der Waals surface area (Å²) < 4.78 is 48.5. The molecule has 0 radical (unpaired) electrons. The van der Waals surface area contributed by atoms with Crippen LogP contribution in [0.4, 0.5) is 24.7 Å². The smallest absolute Gasteiger partial charge is 0.380 e. The van der Waals surface area contributed by atoms with E-state index in [1.807, 2.05) is 56.0 Å². The molecule has 0 spiro atoms. The number of aromatic nitrogens is 4. The van der Waals surface area contributed by atoms with E-state index < -0.39 is 11.7 Å². The third-order valence-corrected chi connectivity index (χ3v) is 7.66. The first-order valence-corrected chi connectivity index (χ1v) is 14.3. The van der Waals surface area contributed by atoms with E-state index in [1.165, 1.54) is 6.33 Å². The standard InChI is InChI=1S/C32H35F3N6O2/c1-5-26-16-30(37-19-36-26)41-31(10-21(3)39-41)38-28-13-22(7-6-20(28)2)14-29(42)24-11-23(12-25(15-24)32(33,34)35)17-40-9-8-27(18-40)43-4/h6-7,10-13,15-16,19,27,38H,5,8-9,14,17-18H2,1-4H3. The summed E-state index contributed by atoms with van der Waals surface area (Å²) in [4.78, 5) is 24.1. The van der Waals surface area contributed by atoms with Gasteiger partial charge in [0, 0.05) is 62.2 Å². The average Bonchev–Trinajstić information content (AvgIpc) is 3.59. The third kappa shape index (κ3) is 7.29. The van der Waals surface area contributed by atoms with Crippen LogP contribution in [0, 0.1) is 13.8 Å². The van der Waals surface area contributed by atoms with Crippen molar-refractivity contribution in [3.63, 3.8) is 0 Å². The van der Waals surface area contributed by atoms with Crippen molar-refractivity contribution in [2.75, 3.05) is 25.5 Å². The number of carbonyl (C=O) groups excluding carboxylic acids is 1. The molecule has 2 aromatic carbocycles. The van der Waals surface area contributed by atoms with Crippen molar-refractivity contribution in [2.45, 2.75) is 58.9 Å². The van der Waals surface area contributed by atoms with E-state index >= 15 is 0 Å². The first kappa shape index (κ1) is 30.4. The van der Waals surface area contributed by atoms with Crippen LogP contribution in [-0.4, -0.2) is 56.7 Å². The van der Waals surface area contributed by atoms with Gasteiger partial charge in [0.15, 0.2) is 11.6 Å². The van der Waals surface area contributed by atoms with Crippen LogP contribution in [0.3, 0.4) is 0 Å². The number of carbonyl (C=O) groups is 1. The molecule has 8 nitrogen and oxygen atoms in total. The lowest BCUT2D eigenvalue weighted by atomic mass is 9.97. The molecule has 0 bridgehead atoms. The summed E-state index contributed by atoms with van der Waals surface area (Å²) in [5.41, 5.74) is 3.72. The Morgan fingerprint density at radius 1 is 1.07 bits per heavy atom. The molecule has 43 heavy (non-hydrogen) atoms. The Hall–Kier alpha value is -4.09. The van der Waals surface area contributed by atoms with E-state index in [9.17, 15) is 18.0 Å². The number of Topliss-reactive ketones (excluding diaryl/α,β-unsaturated/α-hetero) is 1. The van der Waals surface area contributed by atoms with E-state index in [1.54, 1.807) is 17.9 Å². The van der Waals surface area contributed by atoms with Gasteiger partial charge in [-0.2, -0.15) is 23.0 Å². The molecule has 1 aliphatic heterocycles. The molecule has 1 unspecified atom stereocenters. The van der Waals surface area contributed by atoms with Gasteiger partial charge in [-0.05, 0) is 67.6 Å². The van der Waals surface area contributed by atoms with Crippen LogP contribution in [0.25, 0.3) is 5.82 Å². The van der Waals surface area contributed by atoms with Gasteiger partial charge in [0.05, 0.1) is 17.4 Å². The molecule has 0 aliphatic carbocycles. The van der Waals surface area contributed by atoms with Crippen molar-refractivity contribution >= 4 is 17.3 Å². The number of rotatable bonds is 10. The number of halogens is 3. The molecule has 3 heterocycles. The van der Waals surface area contributed by atoms with Crippen molar-refractivity contribution in [1.29, 1.82) is 0 Å². The molecule has 1 fully saturated rings. The highest BCUT2D eigenvalue weighted by molar-refractivity contribution is 5.98. The normalized spacial score (nSPS) is 15.7. The monoisotopic (exact) mass is 592 g/mol. The lowest BCUT2D eigenvalue weighted by molar-refractivity contribution is -0.137. The highest BCUT2D eigenvalue weighted by Crippen LogP contribution is 2.32. The highest BCUT2D eigenvalue weighted by Gasteiger charge is 2.32. The van der Waals surface area contributed by atoms with Crippen LogP contribution in [0.2, 0.25) is 0 Å². The summed E-state index contributed by atoms with van der Waals surface area (Å²) in [6.07, 6.45) is -1.46. The predicted molar refractivity (Wildman–Crippen MR) is 158 cm³/mol. The first-order chi connectivity index (χ1) is 20.5. The number of aryl methyl sites for hydroxylation is 3. The fourth-order valence-electron chi connectivity index (χ4n) is 5.30. The van der Waals surface area contributed by atoms with Crippen molar-refractivity contribution < 1.29 is 22.7 Å². The van der Waals surface area contributed by atoms with Gasteiger partial charge in [-0.3, -0.25) is 9.69 Å². The molecular weight excluding hydrogens is 557 g/mol. The molecule has 1 N–H and O–H groups in total.